The van der Waals surface area contributed by atoms with Crippen molar-refractivity contribution in [3.05, 3.63) is 0 Å². The normalized spacial score (nSPS) is 21.1. The largest absolute Gasteiger partial charge is 0.370 e. The van der Waals surface area contributed by atoms with Gasteiger partial charge in [-0.05, 0) is 19.3 Å². The van der Waals surface area contributed by atoms with Gasteiger partial charge in [-0.2, -0.15) is 0 Å². The van der Waals surface area contributed by atoms with Gasteiger partial charge in [0, 0.05) is 6.42 Å². The monoisotopic (exact) mass is 304 g/mol. The summed E-state index contributed by atoms with van der Waals surface area (Å²) in [6.07, 6.45) is 13.5. The van der Waals surface area contributed by atoms with Gasteiger partial charge in [0.25, 0.3) is 0 Å². The zero-order chi connectivity index (χ0) is 15.4. The Kier molecular flexibility index (Phi) is 10.2. The van der Waals surface area contributed by atoms with Gasteiger partial charge >= 0.3 is 0 Å². The fourth-order valence-corrected chi connectivity index (χ4v) is 3.02. The molecule has 0 aromatic rings. The molecule has 1 fully saturated rings. The first-order valence-corrected chi connectivity index (χ1v) is 9.11. The van der Waals surface area contributed by atoms with E-state index in [1.165, 1.54) is 64.2 Å². The lowest BCUT2D eigenvalue weighted by molar-refractivity contribution is 0.133. The Labute approximate surface area is 129 Å². The van der Waals surface area contributed by atoms with Gasteiger partial charge in [-0.3, -0.25) is 0 Å². The number of epoxide rings is 1. The maximum Gasteiger partial charge on any atom is 0.238 e. The van der Waals surface area contributed by atoms with Crippen molar-refractivity contribution in [2.24, 2.45) is 0 Å². The van der Waals surface area contributed by atoms with Crippen molar-refractivity contribution in [3.8, 4) is 0 Å². The minimum atomic E-state index is -2.12. The molecule has 1 rings (SSSR count). The van der Waals surface area contributed by atoms with Crippen molar-refractivity contribution in [2.45, 2.75) is 109 Å². The lowest BCUT2D eigenvalue weighted by atomic mass is 9.95. The molecule has 0 aliphatic carbocycles. The van der Waals surface area contributed by atoms with Gasteiger partial charge in [0.1, 0.15) is 0 Å². The van der Waals surface area contributed by atoms with E-state index in [4.69, 9.17) is 4.74 Å². The number of hydrogen-bond acceptors (Lipinski definition) is 1. The number of unbranched alkanes of at least 4 members (excludes halogenated alkanes) is 9. The van der Waals surface area contributed by atoms with Crippen molar-refractivity contribution < 1.29 is 13.5 Å². The van der Waals surface area contributed by atoms with Crippen molar-refractivity contribution in [1.29, 1.82) is 0 Å². The predicted molar refractivity (Wildman–Crippen MR) is 85.0 cm³/mol. The van der Waals surface area contributed by atoms with Crippen LogP contribution in [0.1, 0.15) is 96.8 Å². The van der Waals surface area contributed by atoms with E-state index >= 15 is 0 Å². The summed E-state index contributed by atoms with van der Waals surface area (Å²) in [6.45, 7) is 3.22. The third-order valence-corrected chi connectivity index (χ3v) is 4.59. The summed E-state index contributed by atoms with van der Waals surface area (Å²) in [6, 6.07) is 0. The fraction of sp³-hybridized carbons (Fsp3) is 1.00. The molecule has 126 valence electrons. The van der Waals surface area contributed by atoms with Gasteiger partial charge in [0.05, 0.1) is 12.2 Å². The zero-order valence-electron chi connectivity index (χ0n) is 13.8. The minimum absolute atomic E-state index is 0.0784. The smallest absolute Gasteiger partial charge is 0.238 e. The molecule has 21 heavy (non-hydrogen) atoms. The van der Waals surface area contributed by atoms with Crippen LogP contribution in [0, 0.1) is 0 Å². The molecule has 0 bridgehead atoms. The summed E-state index contributed by atoms with van der Waals surface area (Å²) in [7, 11) is 0. The second-order valence-corrected chi connectivity index (χ2v) is 6.69. The van der Waals surface area contributed by atoms with E-state index in [9.17, 15) is 8.78 Å². The van der Waals surface area contributed by atoms with Crippen LogP contribution in [0.5, 0.6) is 0 Å². The molecule has 0 aromatic carbocycles. The van der Waals surface area contributed by atoms with Gasteiger partial charge in [-0.15, -0.1) is 0 Å². The summed E-state index contributed by atoms with van der Waals surface area (Å²) in [5.41, 5.74) is 0.238. The molecule has 1 aliphatic rings. The van der Waals surface area contributed by atoms with E-state index < -0.39 is 6.43 Å². The van der Waals surface area contributed by atoms with Gasteiger partial charge in [-0.25, -0.2) is 8.78 Å². The molecule has 3 heteroatoms. The van der Waals surface area contributed by atoms with Gasteiger partial charge < -0.3 is 4.74 Å². The second-order valence-electron chi connectivity index (χ2n) is 6.69. The molecule has 1 aliphatic heterocycles. The number of halogens is 2. The molecule has 0 aromatic heterocycles. The van der Waals surface area contributed by atoms with Crippen molar-refractivity contribution in [3.63, 3.8) is 0 Å². The molecule has 0 spiro atoms. The quantitative estimate of drug-likeness (QED) is 0.248. The Morgan fingerprint density at radius 3 is 1.76 bits per heavy atom. The standard InChI is InChI=1S/C18H34F2O/c1-2-3-4-8-11-14-18(16-21-18)15-12-9-6-5-7-10-13-17(19)20/h17H,2-16H2,1H3. The third-order valence-electron chi connectivity index (χ3n) is 4.59. The SMILES string of the molecule is CCCCCCCC1(CCCCCCCCC(F)F)CO1. The maximum atomic E-state index is 12.0. The van der Waals surface area contributed by atoms with Crippen molar-refractivity contribution >= 4 is 0 Å². The topological polar surface area (TPSA) is 12.5 Å². The Morgan fingerprint density at radius 1 is 0.810 bits per heavy atom. The van der Waals surface area contributed by atoms with E-state index in [0.717, 1.165) is 19.4 Å². The highest BCUT2D eigenvalue weighted by Gasteiger charge is 2.42. The average molecular weight is 304 g/mol. The number of ether oxygens (including phenoxy) is 1. The predicted octanol–water partition coefficient (Wildman–Crippen LogP) is 6.50. The second kappa shape index (κ2) is 11.4. The minimum Gasteiger partial charge on any atom is -0.370 e. The Hall–Kier alpha value is -0.180. The van der Waals surface area contributed by atoms with E-state index in [2.05, 4.69) is 6.92 Å². The molecular formula is C18H34F2O. The van der Waals surface area contributed by atoms with Crippen LogP contribution in [0.3, 0.4) is 0 Å². The molecule has 0 amide bonds. The van der Waals surface area contributed by atoms with Gasteiger partial charge in [-0.1, -0.05) is 71.1 Å². The van der Waals surface area contributed by atoms with E-state index in [0.29, 0.717) is 6.42 Å². The van der Waals surface area contributed by atoms with Crippen LogP contribution >= 0.6 is 0 Å². The molecular weight excluding hydrogens is 270 g/mol. The summed E-state index contributed by atoms with van der Waals surface area (Å²) >= 11 is 0. The van der Waals surface area contributed by atoms with Gasteiger partial charge in [0.15, 0.2) is 0 Å². The maximum absolute atomic E-state index is 12.0. The van der Waals surface area contributed by atoms with Crippen LogP contribution in [0.2, 0.25) is 0 Å². The van der Waals surface area contributed by atoms with Crippen molar-refractivity contribution in [1.82, 2.24) is 0 Å². The van der Waals surface area contributed by atoms with Crippen LogP contribution in [-0.4, -0.2) is 18.6 Å². The Morgan fingerprint density at radius 2 is 1.29 bits per heavy atom. The molecule has 1 heterocycles. The highest BCUT2D eigenvalue weighted by molar-refractivity contribution is 4.91. The molecule has 1 unspecified atom stereocenters. The highest BCUT2D eigenvalue weighted by atomic mass is 19.3. The highest BCUT2D eigenvalue weighted by Crippen LogP contribution is 2.38. The first kappa shape index (κ1) is 18.9. The number of hydrogen-bond donors (Lipinski definition) is 0. The Bertz CT molecular complexity index is 239. The molecule has 0 radical (unpaired) electrons. The number of alkyl halides is 2. The first-order chi connectivity index (χ1) is 10.2. The van der Waals surface area contributed by atoms with Crippen molar-refractivity contribution in [2.75, 3.05) is 6.61 Å². The summed E-state index contributed by atoms with van der Waals surface area (Å²) < 4.78 is 29.6. The number of rotatable bonds is 15. The van der Waals surface area contributed by atoms with Crippen LogP contribution in [0.4, 0.5) is 8.78 Å². The molecule has 0 saturated carbocycles. The molecule has 0 N–H and O–H groups in total. The van der Waals surface area contributed by atoms with Crippen LogP contribution in [0.25, 0.3) is 0 Å². The average Bonchev–Trinajstić information content (AvgIpc) is 3.21. The molecule has 1 saturated heterocycles. The zero-order valence-corrected chi connectivity index (χ0v) is 13.8. The molecule has 1 nitrogen and oxygen atoms in total. The van der Waals surface area contributed by atoms with E-state index in [-0.39, 0.29) is 12.0 Å². The van der Waals surface area contributed by atoms with Crippen LogP contribution in [-0.2, 0) is 4.74 Å². The lowest BCUT2D eigenvalue weighted by Gasteiger charge is -2.11. The summed E-state index contributed by atoms with van der Waals surface area (Å²) in [5, 5.41) is 0. The first-order valence-electron chi connectivity index (χ1n) is 9.11. The Balaban J connectivity index is 1.86. The lowest BCUT2D eigenvalue weighted by Crippen LogP contribution is -2.10. The summed E-state index contributed by atoms with van der Waals surface area (Å²) in [5.74, 6) is 0. The van der Waals surface area contributed by atoms with E-state index in [1.54, 1.807) is 0 Å². The fourth-order valence-electron chi connectivity index (χ4n) is 3.02. The van der Waals surface area contributed by atoms with E-state index in [1.807, 2.05) is 0 Å². The van der Waals surface area contributed by atoms with Gasteiger partial charge in [0.2, 0.25) is 6.43 Å². The molecule has 1 atom stereocenters. The van der Waals surface area contributed by atoms with Crippen LogP contribution in [0.15, 0.2) is 0 Å². The third kappa shape index (κ3) is 10.2. The van der Waals surface area contributed by atoms with Crippen LogP contribution < -0.4 is 0 Å². The summed E-state index contributed by atoms with van der Waals surface area (Å²) in [4.78, 5) is 0.